The molecule has 2 rings (SSSR count). The van der Waals surface area contributed by atoms with Crippen LogP contribution in [0.4, 0.5) is 9.59 Å². The van der Waals surface area contributed by atoms with Crippen LogP contribution in [-0.4, -0.2) is 55.6 Å². The standard InChI is InChI=1S/C16H19BrN4O5/c1-16(10-5-3-4-6-11(10)17)13(23)21(15(25)20-16)9-12(22)19-14(24)18-7-8-26-2/h3-6H,7-9H2,1-2H3,(H,20,25)(H2,18,19,22,24)/t16-/m1/s1. The van der Waals surface area contributed by atoms with Crippen molar-refractivity contribution in [3.63, 3.8) is 0 Å². The highest BCUT2D eigenvalue weighted by Crippen LogP contribution is 2.33. The molecule has 1 fully saturated rings. The maximum absolute atomic E-state index is 12.7. The van der Waals surface area contributed by atoms with Gasteiger partial charge in [0.15, 0.2) is 0 Å². The highest BCUT2D eigenvalue weighted by atomic mass is 79.9. The fourth-order valence-electron chi connectivity index (χ4n) is 2.51. The Morgan fingerprint density at radius 1 is 1.31 bits per heavy atom. The number of methoxy groups -OCH3 is 1. The number of nitrogens with zero attached hydrogens (tertiary/aromatic N) is 1. The lowest BCUT2D eigenvalue weighted by Crippen LogP contribution is -2.47. The molecule has 0 unspecified atom stereocenters. The largest absolute Gasteiger partial charge is 0.383 e. The van der Waals surface area contributed by atoms with Crippen molar-refractivity contribution in [1.82, 2.24) is 20.9 Å². The minimum Gasteiger partial charge on any atom is -0.383 e. The fourth-order valence-corrected chi connectivity index (χ4v) is 3.19. The zero-order chi connectivity index (χ0) is 19.3. The van der Waals surface area contributed by atoms with Crippen molar-refractivity contribution in [1.29, 1.82) is 0 Å². The number of urea groups is 2. The first-order chi connectivity index (χ1) is 12.3. The van der Waals surface area contributed by atoms with Crippen LogP contribution >= 0.6 is 15.9 Å². The number of nitrogens with one attached hydrogen (secondary N) is 3. The Hall–Kier alpha value is -2.46. The minimum atomic E-state index is -1.31. The van der Waals surface area contributed by atoms with E-state index in [0.717, 1.165) is 4.90 Å². The Morgan fingerprint density at radius 3 is 2.65 bits per heavy atom. The molecule has 3 N–H and O–H groups in total. The van der Waals surface area contributed by atoms with Crippen molar-refractivity contribution in [3.05, 3.63) is 34.3 Å². The summed E-state index contributed by atoms with van der Waals surface area (Å²) in [4.78, 5) is 49.2. The third-order valence-electron chi connectivity index (χ3n) is 3.83. The molecule has 1 atom stereocenters. The van der Waals surface area contributed by atoms with Gasteiger partial charge in [-0.3, -0.25) is 19.8 Å². The van der Waals surface area contributed by atoms with Crippen molar-refractivity contribution in [2.24, 2.45) is 0 Å². The molecule has 1 heterocycles. The second-order valence-corrected chi connectivity index (χ2v) is 6.58. The van der Waals surface area contributed by atoms with Gasteiger partial charge in [-0.05, 0) is 13.0 Å². The van der Waals surface area contributed by atoms with Crippen LogP contribution in [-0.2, 0) is 19.9 Å². The first-order valence-electron chi connectivity index (χ1n) is 7.75. The Labute approximate surface area is 158 Å². The van der Waals surface area contributed by atoms with Crippen LogP contribution in [0.2, 0.25) is 0 Å². The number of imide groups is 2. The SMILES string of the molecule is COCCNC(=O)NC(=O)CN1C(=O)N[C@](C)(c2ccccc2Br)C1=O. The quantitative estimate of drug-likeness (QED) is 0.456. The molecule has 0 saturated carbocycles. The molecule has 1 saturated heterocycles. The summed E-state index contributed by atoms with van der Waals surface area (Å²) in [5, 5.41) is 7.06. The van der Waals surface area contributed by atoms with Gasteiger partial charge in [0.05, 0.1) is 6.61 Å². The van der Waals surface area contributed by atoms with E-state index in [1.807, 2.05) is 0 Å². The smallest absolute Gasteiger partial charge is 0.325 e. The third-order valence-corrected chi connectivity index (χ3v) is 4.53. The molecule has 0 spiro atoms. The van der Waals surface area contributed by atoms with Crippen LogP contribution in [0.15, 0.2) is 28.7 Å². The predicted molar refractivity (Wildman–Crippen MR) is 95.2 cm³/mol. The molecule has 140 valence electrons. The maximum Gasteiger partial charge on any atom is 0.325 e. The van der Waals surface area contributed by atoms with Crippen molar-refractivity contribution >= 4 is 39.8 Å². The fraction of sp³-hybridized carbons (Fsp3) is 0.375. The molecule has 0 aromatic heterocycles. The van der Waals surface area contributed by atoms with Crippen molar-refractivity contribution in [2.75, 3.05) is 26.8 Å². The number of halogens is 1. The summed E-state index contributed by atoms with van der Waals surface area (Å²) in [6, 6.07) is 5.54. The zero-order valence-corrected chi connectivity index (χ0v) is 15.9. The third kappa shape index (κ3) is 4.20. The Kier molecular flexibility index (Phi) is 6.32. The predicted octanol–water partition coefficient (Wildman–Crippen LogP) is 0.688. The van der Waals surface area contributed by atoms with Gasteiger partial charge >= 0.3 is 12.1 Å². The van der Waals surface area contributed by atoms with Crippen LogP contribution in [0.3, 0.4) is 0 Å². The molecule has 26 heavy (non-hydrogen) atoms. The molecule has 0 radical (unpaired) electrons. The van der Waals surface area contributed by atoms with Gasteiger partial charge in [-0.25, -0.2) is 9.59 Å². The summed E-state index contributed by atoms with van der Waals surface area (Å²) >= 11 is 3.36. The van der Waals surface area contributed by atoms with E-state index >= 15 is 0 Å². The van der Waals surface area contributed by atoms with E-state index in [2.05, 4.69) is 31.9 Å². The summed E-state index contributed by atoms with van der Waals surface area (Å²) < 4.78 is 5.42. The van der Waals surface area contributed by atoms with Crippen LogP contribution in [0.5, 0.6) is 0 Å². The topological polar surface area (TPSA) is 117 Å². The lowest BCUT2D eigenvalue weighted by molar-refractivity contribution is -0.134. The average Bonchev–Trinajstić information content (AvgIpc) is 2.79. The van der Waals surface area contributed by atoms with Gasteiger partial charge in [-0.2, -0.15) is 0 Å². The van der Waals surface area contributed by atoms with Gasteiger partial charge in [0.2, 0.25) is 5.91 Å². The molecule has 1 aromatic carbocycles. The van der Waals surface area contributed by atoms with E-state index in [9.17, 15) is 19.2 Å². The molecule has 1 aliphatic heterocycles. The molecule has 0 aliphatic carbocycles. The summed E-state index contributed by atoms with van der Waals surface area (Å²) in [6.07, 6.45) is 0. The first-order valence-corrected chi connectivity index (χ1v) is 8.54. The van der Waals surface area contributed by atoms with E-state index in [-0.39, 0.29) is 6.54 Å². The number of ether oxygens (including phenoxy) is 1. The van der Waals surface area contributed by atoms with E-state index in [4.69, 9.17) is 4.74 Å². The normalized spacial score (nSPS) is 19.3. The highest BCUT2D eigenvalue weighted by molar-refractivity contribution is 9.10. The summed E-state index contributed by atoms with van der Waals surface area (Å²) in [6.45, 7) is 1.50. The van der Waals surface area contributed by atoms with Gasteiger partial charge in [-0.1, -0.05) is 34.1 Å². The molecule has 1 aliphatic rings. The number of rotatable bonds is 6. The number of hydrogen-bond donors (Lipinski definition) is 3. The van der Waals surface area contributed by atoms with Crippen molar-refractivity contribution < 1.29 is 23.9 Å². The van der Waals surface area contributed by atoms with Crippen LogP contribution in [0.25, 0.3) is 0 Å². The number of amides is 6. The van der Waals surface area contributed by atoms with Crippen LogP contribution in [0, 0.1) is 0 Å². The number of hydrogen-bond acceptors (Lipinski definition) is 5. The second kappa shape index (κ2) is 8.28. The average molecular weight is 427 g/mol. The number of carbonyl (C=O) groups is 4. The van der Waals surface area contributed by atoms with Crippen LogP contribution < -0.4 is 16.0 Å². The van der Waals surface area contributed by atoms with Gasteiger partial charge in [0.25, 0.3) is 5.91 Å². The Morgan fingerprint density at radius 2 is 2.00 bits per heavy atom. The minimum absolute atomic E-state index is 0.221. The summed E-state index contributed by atoms with van der Waals surface area (Å²) in [7, 11) is 1.48. The zero-order valence-electron chi connectivity index (χ0n) is 14.3. The Balaban J connectivity index is 2.04. The summed E-state index contributed by atoms with van der Waals surface area (Å²) in [5.41, 5.74) is -0.739. The molecule has 6 amide bonds. The molecule has 0 bridgehead atoms. The molecule has 9 nitrogen and oxygen atoms in total. The number of benzene rings is 1. The number of carbonyl (C=O) groups excluding carboxylic acids is 4. The lowest BCUT2D eigenvalue weighted by Gasteiger charge is -2.23. The van der Waals surface area contributed by atoms with E-state index in [1.165, 1.54) is 7.11 Å². The van der Waals surface area contributed by atoms with Gasteiger partial charge in [0, 0.05) is 23.7 Å². The molecule has 10 heteroatoms. The van der Waals surface area contributed by atoms with Crippen LogP contribution in [0.1, 0.15) is 12.5 Å². The van der Waals surface area contributed by atoms with E-state index in [1.54, 1.807) is 31.2 Å². The van der Waals surface area contributed by atoms with Gasteiger partial charge < -0.3 is 15.4 Å². The maximum atomic E-state index is 12.7. The van der Waals surface area contributed by atoms with Crippen molar-refractivity contribution in [3.8, 4) is 0 Å². The molecular formula is C16H19BrN4O5. The highest BCUT2D eigenvalue weighted by Gasteiger charge is 2.50. The summed E-state index contributed by atoms with van der Waals surface area (Å²) in [5.74, 6) is -1.36. The van der Waals surface area contributed by atoms with E-state index < -0.39 is 36.0 Å². The first kappa shape index (κ1) is 19.9. The van der Waals surface area contributed by atoms with Crippen molar-refractivity contribution in [2.45, 2.75) is 12.5 Å². The van der Waals surface area contributed by atoms with Gasteiger partial charge in [-0.15, -0.1) is 0 Å². The lowest BCUT2D eigenvalue weighted by atomic mass is 9.92. The van der Waals surface area contributed by atoms with Gasteiger partial charge in [0.1, 0.15) is 12.1 Å². The van der Waals surface area contributed by atoms with E-state index in [0.29, 0.717) is 16.6 Å². The monoisotopic (exact) mass is 426 g/mol. The molecule has 1 aromatic rings. The molecular weight excluding hydrogens is 408 g/mol. The Bertz CT molecular complexity index is 741. The second-order valence-electron chi connectivity index (χ2n) is 5.72.